The lowest BCUT2D eigenvalue weighted by Gasteiger charge is -2.27. The van der Waals surface area contributed by atoms with Gasteiger partial charge in [0.25, 0.3) is 0 Å². The minimum Gasteiger partial charge on any atom is -0.378 e. The number of benzene rings is 1. The van der Waals surface area contributed by atoms with Gasteiger partial charge in [0.15, 0.2) is 5.82 Å². The van der Waals surface area contributed by atoms with Crippen LogP contribution in [0.4, 0.5) is 17.5 Å². The maximum atomic E-state index is 5.35. The van der Waals surface area contributed by atoms with E-state index in [9.17, 15) is 0 Å². The third kappa shape index (κ3) is 3.11. The van der Waals surface area contributed by atoms with Crippen LogP contribution in [0.5, 0.6) is 0 Å². The molecule has 0 atom stereocenters. The fraction of sp³-hybridized carbons (Fsp3) is 0.400. The van der Waals surface area contributed by atoms with Crippen LogP contribution in [-0.2, 0) is 4.74 Å². The minimum absolute atomic E-state index is 0.521. The van der Waals surface area contributed by atoms with E-state index in [2.05, 4.69) is 45.3 Å². The lowest BCUT2D eigenvalue weighted by atomic mass is 10.1. The molecule has 6 heteroatoms. The number of anilines is 3. The van der Waals surface area contributed by atoms with Crippen molar-refractivity contribution in [2.24, 2.45) is 0 Å². The van der Waals surface area contributed by atoms with Gasteiger partial charge in [0.05, 0.1) is 19.4 Å². The Kier molecular flexibility index (Phi) is 3.96. The topological polar surface area (TPSA) is 63.2 Å². The molecule has 1 N–H and O–H groups in total. The van der Waals surface area contributed by atoms with Crippen molar-refractivity contribution < 1.29 is 4.74 Å². The molecule has 110 valence electrons. The van der Waals surface area contributed by atoms with Crippen LogP contribution in [0.1, 0.15) is 11.1 Å². The van der Waals surface area contributed by atoms with E-state index in [1.54, 1.807) is 6.20 Å². The first-order valence-electron chi connectivity index (χ1n) is 7.10. The number of rotatable bonds is 3. The van der Waals surface area contributed by atoms with E-state index in [1.807, 2.05) is 12.1 Å². The summed E-state index contributed by atoms with van der Waals surface area (Å²) in [6.45, 7) is 7.29. The summed E-state index contributed by atoms with van der Waals surface area (Å²) < 4.78 is 5.35. The molecule has 6 nitrogen and oxygen atoms in total. The van der Waals surface area contributed by atoms with Crippen LogP contribution in [0.15, 0.2) is 24.4 Å². The van der Waals surface area contributed by atoms with E-state index in [0.29, 0.717) is 5.95 Å². The van der Waals surface area contributed by atoms with Crippen LogP contribution < -0.4 is 10.2 Å². The standard InChI is InChI=1S/C15H19N5O/c1-11-4-3-5-13(12(11)2)17-15-18-14(10-16-19-15)20-6-8-21-9-7-20/h3-5,10H,6-9H2,1-2H3,(H,17,18,19). The van der Waals surface area contributed by atoms with Gasteiger partial charge in [0, 0.05) is 18.8 Å². The Bertz CT molecular complexity index is 625. The van der Waals surface area contributed by atoms with Gasteiger partial charge in [-0.1, -0.05) is 12.1 Å². The van der Waals surface area contributed by atoms with Crippen molar-refractivity contribution in [3.63, 3.8) is 0 Å². The predicted octanol–water partition coefficient (Wildman–Crippen LogP) is 2.07. The Morgan fingerprint density at radius 1 is 1.19 bits per heavy atom. The summed E-state index contributed by atoms with van der Waals surface area (Å²) in [5.74, 6) is 1.36. The average molecular weight is 285 g/mol. The molecule has 0 aliphatic carbocycles. The zero-order valence-corrected chi connectivity index (χ0v) is 12.3. The molecule has 2 heterocycles. The summed E-state index contributed by atoms with van der Waals surface area (Å²) in [5, 5.41) is 11.4. The largest absolute Gasteiger partial charge is 0.378 e. The van der Waals surface area contributed by atoms with Crippen molar-refractivity contribution in [3.05, 3.63) is 35.5 Å². The second-order valence-electron chi connectivity index (χ2n) is 5.11. The van der Waals surface area contributed by atoms with Crippen molar-refractivity contribution >= 4 is 17.5 Å². The Balaban J connectivity index is 1.81. The monoisotopic (exact) mass is 285 g/mol. The Morgan fingerprint density at radius 2 is 2.00 bits per heavy atom. The van der Waals surface area contributed by atoms with Crippen molar-refractivity contribution in [1.82, 2.24) is 15.2 Å². The first-order valence-corrected chi connectivity index (χ1v) is 7.10. The molecule has 2 aromatic rings. The zero-order valence-electron chi connectivity index (χ0n) is 12.3. The van der Waals surface area contributed by atoms with Crippen LogP contribution in [0.3, 0.4) is 0 Å². The maximum Gasteiger partial charge on any atom is 0.249 e. The molecule has 1 fully saturated rings. The maximum absolute atomic E-state index is 5.35. The summed E-state index contributed by atoms with van der Waals surface area (Å²) in [6.07, 6.45) is 1.69. The molecule has 1 aromatic carbocycles. The summed E-state index contributed by atoms with van der Waals surface area (Å²) in [6, 6.07) is 6.13. The van der Waals surface area contributed by atoms with Crippen molar-refractivity contribution in [3.8, 4) is 0 Å². The molecular formula is C15H19N5O. The third-order valence-corrected chi connectivity index (χ3v) is 3.73. The Hall–Kier alpha value is -2.21. The highest BCUT2D eigenvalue weighted by Gasteiger charge is 2.14. The number of morpholine rings is 1. The fourth-order valence-electron chi connectivity index (χ4n) is 2.30. The molecule has 0 spiro atoms. The fourth-order valence-corrected chi connectivity index (χ4v) is 2.30. The lowest BCUT2D eigenvalue weighted by Crippen LogP contribution is -2.37. The van der Waals surface area contributed by atoms with Crippen LogP contribution in [0.2, 0.25) is 0 Å². The van der Waals surface area contributed by atoms with Gasteiger partial charge < -0.3 is 15.0 Å². The highest BCUT2D eigenvalue weighted by molar-refractivity contribution is 5.60. The molecule has 0 unspecified atom stereocenters. The summed E-state index contributed by atoms with van der Waals surface area (Å²) in [4.78, 5) is 6.71. The van der Waals surface area contributed by atoms with Crippen molar-refractivity contribution in [2.75, 3.05) is 36.5 Å². The molecule has 1 aromatic heterocycles. The minimum atomic E-state index is 0.521. The van der Waals surface area contributed by atoms with Gasteiger partial charge in [-0.05, 0) is 31.0 Å². The molecule has 3 rings (SSSR count). The third-order valence-electron chi connectivity index (χ3n) is 3.73. The summed E-state index contributed by atoms with van der Waals surface area (Å²) in [5.41, 5.74) is 3.44. The smallest absolute Gasteiger partial charge is 0.249 e. The van der Waals surface area contributed by atoms with Gasteiger partial charge in [-0.15, -0.1) is 5.10 Å². The zero-order chi connectivity index (χ0) is 14.7. The Labute approximate surface area is 124 Å². The molecule has 1 saturated heterocycles. The second-order valence-corrected chi connectivity index (χ2v) is 5.11. The number of ether oxygens (including phenoxy) is 1. The quantitative estimate of drug-likeness (QED) is 0.931. The van der Waals surface area contributed by atoms with Crippen LogP contribution in [0.25, 0.3) is 0 Å². The number of hydrogen-bond donors (Lipinski definition) is 1. The van der Waals surface area contributed by atoms with Gasteiger partial charge in [-0.2, -0.15) is 10.1 Å². The van der Waals surface area contributed by atoms with E-state index in [0.717, 1.165) is 37.8 Å². The first-order chi connectivity index (χ1) is 10.2. The number of aromatic nitrogens is 3. The number of aryl methyl sites for hydroxylation is 1. The summed E-state index contributed by atoms with van der Waals surface area (Å²) in [7, 11) is 0. The lowest BCUT2D eigenvalue weighted by molar-refractivity contribution is 0.122. The molecular weight excluding hydrogens is 266 g/mol. The highest BCUT2D eigenvalue weighted by Crippen LogP contribution is 2.21. The summed E-state index contributed by atoms with van der Waals surface area (Å²) >= 11 is 0. The van der Waals surface area contributed by atoms with Crippen molar-refractivity contribution in [1.29, 1.82) is 0 Å². The van der Waals surface area contributed by atoms with Gasteiger partial charge in [0.2, 0.25) is 5.95 Å². The van der Waals surface area contributed by atoms with E-state index >= 15 is 0 Å². The van der Waals surface area contributed by atoms with E-state index < -0.39 is 0 Å². The molecule has 1 aliphatic rings. The van der Waals surface area contributed by atoms with Crippen LogP contribution in [-0.4, -0.2) is 41.5 Å². The predicted molar refractivity (Wildman–Crippen MR) is 82.1 cm³/mol. The number of nitrogens with zero attached hydrogens (tertiary/aromatic N) is 4. The molecule has 21 heavy (non-hydrogen) atoms. The molecule has 0 bridgehead atoms. The van der Waals surface area contributed by atoms with E-state index in [1.165, 1.54) is 11.1 Å². The normalized spacial score (nSPS) is 15.0. The van der Waals surface area contributed by atoms with Gasteiger partial charge in [0.1, 0.15) is 0 Å². The SMILES string of the molecule is Cc1cccc(Nc2nncc(N3CCOCC3)n2)c1C. The van der Waals surface area contributed by atoms with Gasteiger partial charge in [-0.3, -0.25) is 0 Å². The van der Waals surface area contributed by atoms with Crippen LogP contribution >= 0.6 is 0 Å². The van der Waals surface area contributed by atoms with Crippen molar-refractivity contribution in [2.45, 2.75) is 13.8 Å². The molecule has 0 saturated carbocycles. The number of hydrogen-bond acceptors (Lipinski definition) is 6. The van der Waals surface area contributed by atoms with E-state index in [4.69, 9.17) is 4.74 Å². The first kappa shape index (κ1) is 13.8. The number of nitrogens with one attached hydrogen (secondary N) is 1. The average Bonchev–Trinajstić information content (AvgIpc) is 2.53. The second kappa shape index (κ2) is 6.05. The molecule has 0 amide bonds. The van der Waals surface area contributed by atoms with E-state index in [-0.39, 0.29) is 0 Å². The highest BCUT2D eigenvalue weighted by atomic mass is 16.5. The van der Waals surface area contributed by atoms with Gasteiger partial charge in [-0.25, -0.2) is 0 Å². The van der Waals surface area contributed by atoms with Gasteiger partial charge >= 0.3 is 0 Å². The molecule has 1 aliphatic heterocycles. The molecule has 0 radical (unpaired) electrons. The Morgan fingerprint density at radius 3 is 2.81 bits per heavy atom. The van der Waals surface area contributed by atoms with Crippen LogP contribution in [0, 0.1) is 13.8 Å².